The lowest BCUT2D eigenvalue weighted by Crippen LogP contribution is -2.10. The van der Waals surface area contributed by atoms with Crippen LogP contribution in [0.2, 0.25) is 0 Å². The summed E-state index contributed by atoms with van der Waals surface area (Å²) in [5.74, 6) is 0.739. The van der Waals surface area contributed by atoms with E-state index in [2.05, 4.69) is 36.3 Å². The van der Waals surface area contributed by atoms with Crippen molar-refractivity contribution in [2.75, 3.05) is 11.1 Å². The number of nitrogens with one attached hydrogen (secondary N) is 1. The molecule has 1 unspecified atom stereocenters. The van der Waals surface area contributed by atoms with Gasteiger partial charge in [0, 0.05) is 6.20 Å². The number of nitrogen functional groups attached to an aromatic ring is 1. The molecule has 0 saturated carbocycles. The summed E-state index contributed by atoms with van der Waals surface area (Å²) in [6, 6.07) is 12.2. The van der Waals surface area contributed by atoms with Crippen molar-refractivity contribution < 1.29 is 0 Å². The fourth-order valence-corrected chi connectivity index (χ4v) is 1.89. The molecule has 1 atom stereocenters. The number of anilines is 2. The predicted octanol–water partition coefficient (Wildman–Crippen LogP) is 3.15. The molecule has 0 radical (unpaired) electrons. The van der Waals surface area contributed by atoms with Crippen molar-refractivity contribution in [2.45, 2.75) is 19.9 Å². The molecule has 2 aromatic rings. The van der Waals surface area contributed by atoms with Crippen molar-refractivity contribution in [3.8, 4) is 0 Å². The zero-order valence-corrected chi connectivity index (χ0v) is 10.1. The van der Waals surface area contributed by atoms with Gasteiger partial charge in [0.25, 0.3) is 0 Å². The molecule has 0 aliphatic carbocycles. The Morgan fingerprint density at radius 2 is 1.94 bits per heavy atom. The van der Waals surface area contributed by atoms with E-state index in [1.54, 1.807) is 6.20 Å². The molecule has 0 saturated heterocycles. The molecule has 0 aliphatic rings. The van der Waals surface area contributed by atoms with Crippen LogP contribution in [0.5, 0.6) is 0 Å². The van der Waals surface area contributed by atoms with Gasteiger partial charge < -0.3 is 11.1 Å². The Morgan fingerprint density at radius 3 is 2.65 bits per heavy atom. The third kappa shape index (κ3) is 2.56. The van der Waals surface area contributed by atoms with Gasteiger partial charge in [0.05, 0.1) is 11.7 Å². The Morgan fingerprint density at radius 1 is 1.18 bits per heavy atom. The molecule has 1 heterocycles. The molecule has 0 amide bonds. The van der Waals surface area contributed by atoms with Crippen LogP contribution in [0.25, 0.3) is 0 Å². The molecule has 88 valence electrons. The fraction of sp³-hybridized carbons (Fsp3) is 0.214. The number of nitrogens with two attached hydrogens (primary N) is 1. The van der Waals surface area contributed by atoms with Crippen LogP contribution in [0.1, 0.15) is 24.1 Å². The van der Waals surface area contributed by atoms with E-state index >= 15 is 0 Å². The normalized spacial score (nSPS) is 12.1. The highest BCUT2D eigenvalue weighted by Gasteiger charge is 2.09. The quantitative estimate of drug-likeness (QED) is 0.847. The van der Waals surface area contributed by atoms with Gasteiger partial charge in [0.2, 0.25) is 0 Å². The van der Waals surface area contributed by atoms with E-state index in [0.29, 0.717) is 5.69 Å². The third-order valence-corrected chi connectivity index (χ3v) is 2.85. The lowest BCUT2D eigenvalue weighted by Gasteiger charge is -2.17. The Kier molecular flexibility index (Phi) is 3.28. The van der Waals surface area contributed by atoms with Crippen LogP contribution >= 0.6 is 0 Å². The van der Waals surface area contributed by atoms with Gasteiger partial charge >= 0.3 is 0 Å². The maximum atomic E-state index is 5.86. The minimum Gasteiger partial charge on any atom is -0.396 e. The molecular weight excluding hydrogens is 210 g/mol. The van der Waals surface area contributed by atoms with Crippen LogP contribution in [0.3, 0.4) is 0 Å². The van der Waals surface area contributed by atoms with Crippen molar-refractivity contribution in [3.05, 3.63) is 53.7 Å². The molecular formula is C14H17N3. The second kappa shape index (κ2) is 4.87. The number of hydrogen-bond acceptors (Lipinski definition) is 3. The summed E-state index contributed by atoms with van der Waals surface area (Å²) in [6.07, 6.45) is 1.74. The van der Waals surface area contributed by atoms with Crippen molar-refractivity contribution in [1.82, 2.24) is 4.98 Å². The molecule has 3 nitrogen and oxygen atoms in total. The molecule has 2 rings (SSSR count). The fourth-order valence-electron chi connectivity index (χ4n) is 1.89. The smallest absolute Gasteiger partial charge is 0.149 e. The number of aromatic nitrogens is 1. The van der Waals surface area contributed by atoms with Crippen LogP contribution in [0.15, 0.2) is 42.6 Å². The van der Waals surface area contributed by atoms with Gasteiger partial charge in [-0.2, -0.15) is 0 Å². The maximum absolute atomic E-state index is 5.86. The first-order chi connectivity index (χ1) is 8.18. The van der Waals surface area contributed by atoms with E-state index in [1.807, 2.05) is 24.3 Å². The number of nitrogens with zero attached hydrogens (tertiary/aromatic N) is 1. The van der Waals surface area contributed by atoms with Crippen molar-refractivity contribution in [3.63, 3.8) is 0 Å². The summed E-state index contributed by atoms with van der Waals surface area (Å²) in [5.41, 5.74) is 9.06. The second-order valence-corrected chi connectivity index (χ2v) is 4.16. The number of rotatable bonds is 3. The molecule has 1 aromatic heterocycles. The molecule has 3 heteroatoms. The van der Waals surface area contributed by atoms with Gasteiger partial charge in [-0.3, -0.25) is 0 Å². The highest BCUT2D eigenvalue weighted by Crippen LogP contribution is 2.23. The molecule has 0 bridgehead atoms. The monoisotopic (exact) mass is 227 g/mol. The summed E-state index contributed by atoms with van der Waals surface area (Å²) >= 11 is 0. The Hall–Kier alpha value is -2.03. The molecule has 3 N–H and O–H groups in total. The van der Waals surface area contributed by atoms with Crippen LogP contribution < -0.4 is 11.1 Å². The molecule has 0 aliphatic heterocycles. The van der Waals surface area contributed by atoms with Crippen molar-refractivity contribution in [2.24, 2.45) is 0 Å². The van der Waals surface area contributed by atoms with Gasteiger partial charge in [0.1, 0.15) is 5.82 Å². The van der Waals surface area contributed by atoms with Crippen molar-refractivity contribution >= 4 is 11.5 Å². The topological polar surface area (TPSA) is 50.9 Å². The third-order valence-electron chi connectivity index (χ3n) is 2.85. The summed E-state index contributed by atoms with van der Waals surface area (Å²) in [5, 5.41) is 3.33. The molecule has 17 heavy (non-hydrogen) atoms. The van der Waals surface area contributed by atoms with E-state index < -0.39 is 0 Å². The predicted molar refractivity (Wildman–Crippen MR) is 71.9 cm³/mol. The second-order valence-electron chi connectivity index (χ2n) is 4.16. The van der Waals surface area contributed by atoms with E-state index in [-0.39, 0.29) is 6.04 Å². The van der Waals surface area contributed by atoms with Crippen LogP contribution in [0.4, 0.5) is 11.5 Å². The average Bonchev–Trinajstić information content (AvgIpc) is 2.32. The summed E-state index contributed by atoms with van der Waals surface area (Å²) < 4.78 is 0. The van der Waals surface area contributed by atoms with E-state index in [0.717, 1.165) is 5.82 Å². The van der Waals surface area contributed by atoms with E-state index in [4.69, 9.17) is 5.73 Å². The summed E-state index contributed by atoms with van der Waals surface area (Å²) in [6.45, 7) is 4.21. The largest absolute Gasteiger partial charge is 0.396 e. The highest BCUT2D eigenvalue weighted by molar-refractivity contribution is 5.61. The van der Waals surface area contributed by atoms with Gasteiger partial charge in [-0.25, -0.2) is 4.98 Å². The Balaban J connectivity index is 2.20. The van der Waals surface area contributed by atoms with Crippen LogP contribution in [-0.4, -0.2) is 4.98 Å². The Labute approximate surface area is 102 Å². The number of pyridine rings is 1. The zero-order valence-electron chi connectivity index (χ0n) is 10.1. The van der Waals surface area contributed by atoms with E-state index in [1.165, 1.54) is 11.1 Å². The van der Waals surface area contributed by atoms with Gasteiger partial charge in [0.15, 0.2) is 0 Å². The molecule has 0 spiro atoms. The lowest BCUT2D eigenvalue weighted by molar-refractivity contribution is 0.866. The zero-order chi connectivity index (χ0) is 12.3. The average molecular weight is 227 g/mol. The minimum atomic E-state index is 0.188. The number of hydrogen-bond donors (Lipinski definition) is 2. The molecule has 0 fully saturated rings. The summed E-state index contributed by atoms with van der Waals surface area (Å²) in [7, 11) is 0. The highest BCUT2D eigenvalue weighted by atomic mass is 15.0. The SMILES string of the molecule is Cc1ccccc1C(C)Nc1ncccc1N. The maximum Gasteiger partial charge on any atom is 0.149 e. The summed E-state index contributed by atoms with van der Waals surface area (Å²) in [4.78, 5) is 4.24. The van der Waals surface area contributed by atoms with Crippen LogP contribution in [0, 0.1) is 6.92 Å². The van der Waals surface area contributed by atoms with Gasteiger partial charge in [-0.05, 0) is 37.1 Å². The Bertz CT molecular complexity index is 508. The first kappa shape index (κ1) is 11.5. The van der Waals surface area contributed by atoms with E-state index in [9.17, 15) is 0 Å². The lowest BCUT2D eigenvalue weighted by atomic mass is 10.0. The number of benzene rings is 1. The van der Waals surface area contributed by atoms with Crippen LogP contribution in [-0.2, 0) is 0 Å². The first-order valence-corrected chi connectivity index (χ1v) is 5.71. The number of aryl methyl sites for hydroxylation is 1. The molecule has 1 aromatic carbocycles. The first-order valence-electron chi connectivity index (χ1n) is 5.71. The minimum absolute atomic E-state index is 0.188. The van der Waals surface area contributed by atoms with Gasteiger partial charge in [-0.15, -0.1) is 0 Å². The van der Waals surface area contributed by atoms with Gasteiger partial charge in [-0.1, -0.05) is 24.3 Å². The standard InChI is InChI=1S/C14H17N3/c1-10-6-3-4-7-12(10)11(2)17-14-13(15)8-5-9-16-14/h3-9,11H,15H2,1-2H3,(H,16,17). The van der Waals surface area contributed by atoms with Crippen molar-refractivity contribution in [1.29, 1.82) is 0 Å².